The highest BCUT2D eigenvalue weighted by atomic mass is 16.2. The summed E-state index contributed by atoms with van der Waals surface area (Å²) in [7, 11) is 0. The molecule has 0 aliphatic carbocycles. The van der Waals surface area contributed by atoms with Crippen LogP contribution in [0.5, 0.6) is 0 Å². The van der Waals surface area contributed by atoms with E-state index in [0.29, 0.717) is 6.54 Å². The van der Waals surface area contributed by atoms with Gasteiger partial charge in [0, 0.05) is 31.5 Å². The first-order valence-corrected chi connectivity index (χ1v) is 7.05. The average Bonchev–Trinajstić information content (AvgIpc) is 2.50. The van der Waals surface area contributed by atoms with Gasteiger partial charge in [-0.3, -0.25) is 14.6 Å². The Hall–Kier alpha value is -2.69. The van der Waals surface area contributed by atoms with Crippen molar-refractivity contribution in [2.45, 2.75) is 20.4 Å². The Morgan fingerprint density at radius 1 is 1.09 bits per heavy atom. The first kappa shape index (κ1) is 15.7. The van der Waals surface area contributed by atoms with Crippen LogP contribution in [0.2, 0.25) is 0 Å². The molecular formula is C17H19N3O2. The number of anilines is 1. The van der Waals surface area contributed by atoms with E-state index in [2.05, 4.69) is 10.3 Å². The molecule has 0 atom stereocenters. The van der Waals surface area contributed by atoms with Gasteiger partial charge >= 0.3 is 0 Å². The van der Waals surface area contributed by atoms with Gasteiger partial charge in [-0.05, 0) is 36.8 Å². The second kappa shape index (κ2) is 7.36. The minimum atomic E-state index is -0.215. The van der Waals surface area contributed by atoms with Gasteiger partial charge in [0.2, 0.25) is 11.8 Å². The SMILES string of the molecule is CC(=O)N(CC(=O)Nc1ccc(C)cc1)Cc1ccncc1. The van der Waals surface area contributed by atoms with Crippen molar-refractivity contribution in [1.82, 2.24) is 9.88 Å². The van der Waals surface area contributed by atoms with Crippen LogP contribution in [-0.4, -0.2) is 28.2 Å². The molecule has 2 rings (SSSR count). The molecule has 0 radical (unpaired) electrons. The minimum Gasteiger partial charge on any atom is -0.329 e. The highest BCUT2D eigenvalue weighted by Gasteiger charge is 2.14. The normalized spacial score (nSPS) is 10.1. The summed E-state index contributed by atoms with van der Waals surface area (Å²) in [4.78, 5) is 29.2. The fourth-order valence-corrected chi connectivity index (χ4v) is 2.00. The molecule has 1 aromatic carbocycles. The summed E-state index contributed by atoms with van der Waals surface area (Å²) in [6.07, 6.45) is 3.33. The quantitative estimate of drug-likeness (QED) is 0.921. The van der Waals surface area contributed by atoms with E-state index in [1.54, 1.807) is 12.4 Å². The van der Waals surface area contributed by atoms with E-state index in [1.165, 1.54) is 11.8 Å². The summed E-state index contributed by atoms with van der Waals surface area (Å²) < 4.78 is 0. The standard InChI is InChI=1S/C17H19N3O2/c1-13-3-5-16(6-4-13)19-17(22)12-20(14(2)21)11-15-7-9-18-10-8-15/h3-10H,11-12H2,1-2H3,(H,19,22). The zero-order valence-corrected chi connectivity index (χ0v) is 12.7. The molecule has 5 nitrogen and oxygen atoms in total. The van der Waals surface area contributed by atoms with Crippen molar-refractivity contribution in [3.8, 4) is 0 Å². The molecule has 0 saturated heterocycles. The van der Waals surface area contributed by atoms with Crippen molar-refractivity contribution >= 4 is 17.5 Å². The number of aromatic nitrogens is 1. The summed E-state index contributed by atoms with van der Waals surface area (Å²) in [6, 6.07) is 11.2. The first-order valence-electron chi connectivity index (χ1n) is 7.05. The van der Waals surface area contributed by atoms with E-state index >= 15 is 0 Å². The lowest BCUT2D eigenvalue weighted by molar-refractivity contribution is -0.133. The summed E-state index contributed by atoms with van der Waals surface area (Å²) in [5.41, 5.74) is 2.79. The molecule has 5 heteroatoms. The zero-order valence-electron chi connectivity index (χ0n) is 12.7. The van der Waals surface area contributed by atoms with Crippen molar-refractivity contribution in [2.24, 2.45) is 0 Å². The van der Waals surface area contributed by atoms with Crippen LogP contribution in [0, 0.1) is 6.92 Å². The van der Waals surface area contributed by atoms with E-state index in [-0.39, 0.29) is 18.4 Å². The highest BCUT2D eigenvalue weighted by Crippen LogP contribution is 2.09. The van der Waals surface area contributed by atoms with Gasteiger partial charge in [-0.2, -0.15) is 0 Å². The number of hydrogen-bond donors (Lipinski definition) is 1. The van der Waals surface area contributed by atoms with Crippen LogP contribution in [0.4, 0.5) is 5.69 Å². The van der Waals surface area contributed by atoms with E-state index in [0.717, 1.165) is 16.8 Å². The Kier molecular flexibility index (Phi) is 5.25. The Morgan fingerprint density at radius 3 is 2.32 bits per heavy atom. The Labute approximate surface area is 130 Å². The van der Waals surface area contributed by atoms with Gasteiger partial charge in [-0.25, -0.2) is 0 Å². The number of nitrogens with zero attached hydrogens (tertiary/aromatic N) is 2. The number of amides is 2. The maximum atomic E-state index is 12.1. The van der Waals surface area contributed by atoms with Crippen LogP contribution >= 0.6 is 0 Å². The summed E-state index contributed by atoms with van der Waals surface area (Å²) in [5.74, 6) is -0.357. The molecule has 1 aromatic heterocycles. The summed E-state index contributed by atoms with van der Waals surface area (Å²) in [6.45, 7) is 3.85. The van der Waals surface area contributed by atoms with Crippen LogP contribution in [0.1, 0.15) is 18.1 Å². The summed E-state index contributed by atoms with van der Waals surface area (Å²) in [5, 5.41) is 2.80. The number of aryl methyl sites for hydroxylation is 1. The maximum Gasteiger partial charge on any atom is 0.244 e. The third kappa shape index (κ3) is 4.70. The lowest BCUT2D eigenvalue weighted by Gasteiger charge is -2.20. The molecule has 0 unspecified atom stereocenters. The van der Waals surface area contributed by atoms with E-state index in [4.69, 9.17) is 0 Å². The predicted molar refractivity (Wildman–Crippen MR) is 85.1 cm³/mol. The van der Waals surface area contributed by atoms with E-state index < -0.39 is 0 Å². The molecule has 0 spiro atoms. The van der Waals surface area contributed by atoms with Gasteiger partial charge in [0.05, 0.1) is 0 Å². The van der Waals surface area contributed by atoms with Crippen LogP contribution in [0.3, 0.4) is 0 Å². The minimum absolute atomic E-state index is 0.0194. The number of hydrogen-bond acceptors (Lipinski definition) is 3. The van der Waals surface area contributed by atoms with Crippen molar-refractivity contribution in [1.29, 1.82) is 0 Å². The molecule has 0 fully saturated rings. The van der Waals surface area contributed by atoms with Crippen LogP contribution in [0.25, 0.3) is 0 Å². The third-order valence-corrected chi connectivity index (χ3v) is 3.24. The molecule has 0 aliphatic rings. The van der Waals surface area contributed by atoms with Crippen LogP contribution in [0.15, 0.2) is 48.8 Å². The molecule has 114 valence electrons. The van der Waals surface area contributed by atoms with Crippen LogP contribution in [-0.2, 0) is 16.1 Å². The second-order valence-corrected chi connectivity index (χ2v) is 5.14. The van der Waals surface area contributed by atoms with Crippen molar-refractivity contribution < 1.29 is 9.59 Å². The topological polar surface area (TPSA) is 62.3 Å². The van der Waals surface area contributed by atoms with Gasteiger partial charge in [0.15, 0.2) is 0 Å². The van der Waals surface area contributed by atoms with Gasteiger partial charge in [-0.15, -0.1) is 0 Å². The van der Waals surface area contributed by atoms with Gasteiger partial charge < -0.3 is 10.2 Å². The number of carbonyl (C=O) groups excluding carboxylic acids is 2. The lowest BCUT2D eigenvalue weighted by Crippen LogP contribution is -2.36. The average molecular weight is 297 g/mol. The van der Waals surface area contributed by atoms with Gasteiger partial charge in [-0.1, -0.05) is 17.7 Å². The Bertz CT molecular complexity index is 639. The fourth-order valence-electron chi connectivity index (χ4n) is 2.00. The predicted octanol–water partition coefficient (Wildman–Crippen LogP) is 2.38. The highest BCUT2D eigenvalue weighted by molar-refractivity contribution is 5.94. The van der Waals surface area contributed by atoms with E-state index in [1.807, 2.05) is 43.3 Å². The molecule has 0 aliphatic heterocycles. The molecule has 1 heterocycles. The van der Waals surface area contributed by atoms with Crippen LogP contribution < -0.4 is 5.32 Å². The molecule has 0 bridgehead atoms. The van der Waals surface area contributed by atoms with Crippen molar-refractivity contribution in [3.05, 3.63) is 59.9 Å². The van der Waals surface area contributed by atoms with Gasteiger partial charge in [0.25, 0.3) is 0 Å². The summed E-state index contributed by atoms with van der Waals surface area (Å²) >= 11 is 0. The van der Waals surface area contributed by atoms with Gasteiger partial charge in [0.1, 0.15) is 6.54 Å². The molecule has 0 saturated carbocycles. The van der Waals surface area contributed by atoms with E-state index in [9.17, 15) is 9.59 Å². The number of carbonyl (C=O) groups is 2. The zero-order chi connectivity index (χ0) is 15.9. The first-order chi connectivity index (χ1) is 10.5. The second-order valence-electron chi connectivity index (χ2n) is 5.14. The lowest BCUT2D eigenvalue weighted by atomic mass is 10.2. The molecule has 1 N–H and O–H groups in total. The Balaban J connectivity index is 1.97. The van der Waals surface area contributed by atoms with Crippen molar-refractivity contribution in [3.63, 3.8) is 0 Å². The third-order valence-electron chi connectivity index (χ3n) is 3.24. The molecule has 22 heavy (non-hydrogen) atoms. The fraction of sp³-hybridized carbons (Fsp3) is 0.235. The monoisotopic (exact) mass is 297 g/mol. The smallest absolute Gasteiger partial charge is 0.244 e. The van der Waals surface area contributed by atoms with Crippen molar-refractivity contribution in [2.75, 3.05) is 11.9 Å². The Morgan fingerprint density at radius 2 is 1.73 bits per heavy atom. The number of benzene rings is 1. The molecular weight excluding hydrogens is 278 g/mol. The molecule has 2 aromatic rings. The number of rotatable bonds is 5. The number of nitrogens with one attached hydrogen (secondary N) is 1. The largest absolute Gasteiger partial charge is 0.329 e. The molecule has 2 amide bonds. The number of pyridine rings is 1. The maximum absolute atomic E-state index is 12.1.